The van der Waals surface area contributed by atoms with Crippen molar-refractivity contribution in [2.24, 2.45) is 0 Å². The minimum absolute atomic E-state index is 0.327. The highest BCUT2D eigenvalue weighted by Gasteiger charge is 1.95. The lowest BCUT2D eigenvalue weighted by molar-refractivity contribution is 0.127. The van der Waals surface area contributed by atoms with Gasteiger partial charge in [-0.05, 0) is 22.4 Å². The fourth-order valence-corrected chi connectivity index (χ4v) is 1.59. The Bertz CT molecular complexity index is 439. The first kappa shape index (κ1) is 10.1. The summed E-state index contributed by atoms with van der Waals surface area (Å²) in [6, 6.07) is 14.6. The number of fused-ring (bicyclic) bond motifs is 1. The van der Waals surface area contributed by atoms with Gasteiger partial charge in [0.15, 0.2) is 0 Å². The second-order valence-corrected chi connectivity index (χ2v) is 3.48. The van der Waals surface area contributed by atoms with Crippen molar-refractivity contribution in [2.75, 3.05) is 13.2 Å². The van der Waals surface area contributed by atoms with Crippen LogP contribution in [-0.4, -0.2) is 13.2 Å². The van der Waals surface area contributed by atoms with E-state index in [0.29, 0.717) is 19.8 Å². The summed E-state index contributed by atoms with van der Waals surface area (Å²) in [6.07, 6.45) is 0. The average molecular weight is 200 g/mol. The molecule has 0 saturated carbocycles. The van der Waals surface area contributed by atoms with Crippen molar-refractivity contribution >= 4 is 10.8 Å². The third-order valence-corrected chi connectivity index (χ3v) is 2.33. The molecule has 2 nitrogen and oxygen atoms in total. The lowest BCUT2D eigenvalue weighted by Gasteiger charge is -2.04. The van der Waals surface area contributed by atoms with Gasteiger partial charge in [-0.25, -0.2) is 0 Å². The second-order valence-electron chi connectivity index (χ2n) is 3.48. The maximum atomic E-state index is 6.97. The van der Waals surface area contributed by atoms with E-state index in [4.69, 9.17) is 10.5 Å². The van der Waals surface area contributed by atoms with Crippen LogP contribution in [0.2, 0.25) is 0 Å². The van der Waals surface area contributed by atoms with Gasteiger partial charge in [-0.3, -0.25) is 5.73 Å². The minimum atomic E-state index is 0.327. The van der Waals surface area contributed by atoms with Crippen LogP contribution in [0.3, 0.4) is 0 Å². The highest BCUT2D eigenvalue weighted by molar-refractivity contribution is 5.82. The summed E-state index contributed by atoms with van der Waals surface area (Å²) in [5.41, 5.74) is 8.14. The van der Waals surface area contributed by atoms with E-state index in [9.17, 15) is 0 Å². The Morgan fingerprint density at radius 3 is 2.60 bits per heavy atom. The Kier molecular flexibility index (Phi) is 3.33. The second kappa shape index (κ2) is 4.91. The van der Waals surface area contributed by atoms with Gasteiger partial charge in [0, 0.05) is 6.54 Å². The van der Waals surface area contributed by atoms with E-state index >= 15 is 0 Å². The van der Waals surface area contributed by atoms with Crippen LogP contribution in [0, 0.1) is 0 Å². The van der Waals surface area contributed by atoms with Gasteiger partial charge in [0.05, 0.1) is 13.2 Å². The smallest absolute Gasteiger partial charge is 0.0717 e. The maximum Gasteiger partial charge on any atom is 0.0717 e. The molecule has 1 radical (unpaired) electrons. The third kappa shape index (κ3) is 2.55. The molecular weight excluding hydrogens is 186 g/mol. The Morgan fingerprint density at radius 2 is 1.80 bits per heavy atom. The van der Waals surface area contributed by atoms with Gasteiger partial charge < -0.3 is 4.74 Å². The van der Waals surface area contributed by atoms with E-state index < -0.39 is 0 Å². The first-order chi connectivity index (χ1) is 7.40. The Balaban J connectivity index is 2.16. The molecule has 0 atom stereocenters. The van der Waals surface area contributed by atoms with Crippen molar-refractivity contribution in [3.05, 3.63) is 48.0 Å². The molecule has 0 heterocycles. The summed E-state index contributed by atoms with van der Waals surface area (Å²) in [6.45, 7) is 1.43. The molecule has 0 unspecified atom stereocenters. The van der Waals surface area contributed by atoms with Crippen LogP contribution in [0.1, 0.15) is 5.56 Å². The van der Waals surface area contributed by atoms with Gasteiger partial charge in [0.1, 0.15) is 0 Å². The lowest BCUT2D eigenvalue weighted by atomic mass is 10.1. The van der Waals surface area contributed by atoms with E-state index in [2.05, 4.69) is 30.3 Å². The lowest BCUT2D eigenvalue weighted by Crippen LogP contribution is -2.00. The summed E-state index contributed by atoms with van der Waals surface area (Å²) < 4.78 is 5.33. The highest BCUT2D eigenvalue weighted by atomic mass is 16.5. The van der Waals surface area contributed by atoms with E-state index in [1.54, 1.807) is 0 Å². The van der Waals surface area contributed by atoms with E-state index in [-0.39, 0.29) is 0 Å². The van der Waals surface area contributed by atoms with Crippen molar-refractivity contribution in [3.63, 3.8) is 0 Å². The Labute approximate surface area is 89.7 Å². The fraction of sp³-hybridized carbons (Fsp3) is 0.231. The standard InChI is InChI=1S/C13H14NO/c14-7-8-15-10-11-5-6-12-3-1-2-4-13(12)9-11/h1-6,9,14H,7-8,10H2. The van der Waals surface area contributed by atoms with Gasteiger partial charge in [0.25, 0.3) is 0 Å². The number of benzene rings is 2. The number of hydrogen-bond acceptors (Lipinski definition) is 1. The molecule has 0 bridgehead atoms. The molecule has 0 fully saturated rings. The van der Waals surface area contributed by atoms with Crippen LogP contribution < -0.4 is 5.73 Å². The first-order valence-corrected chi connectivity index (χ1v) is 5.10. The molecule has 0 aromatic heterocycles. The predicted octanol–water partition coefficient (Wildman–Crippen LogP) is 2.64. The number of ether oxygens (including phenoxy) is 1. The third-order valence-electron chi connectivity index (χ3n) is 2.33. The van der Waals surface area contributed by atoms with Crippen LogP contribution in [-0.2, 0) is 11.3 Å². The first-order valence-electron chi connectivity index (χ1n) is 5.10. The molecule has 2 rings (SSSR count). The zero-order chi connectivity index (χ0) is 10.5. The molecule has 0 aliphatic rings. The fourth-order valence-electron chi connectivity index (χ4n) is 1.59. The van der Waals surface area contributed by atoms with Crippen molar-refractivity contribution in [2.45, 2.75) is 6.61 Å². The molecule has 0 saturated heterocycles. The van der Waals surface area contributed by atoms with Crippen LogP contribution in [0.15, 0.2) is 42.5 Å². The van der Waals surface area contributed by atoms with Gasteiger partial charge in [-0.15, -0.1) is 0 Å². The van der Waals surface area contributed by atoms with Crippen molar-refractivity contribution in [3.8, 4) is 0 Å². The molecule has 0 aliphatic heterocycles. The van der Waals surface area contributed by atoms with Crippen molar-refractivity contribution in [1.29, 1.82) is 0 Å². The van der Waals surface area contributed by atoms with E-state index in [1.165, 1.54) is 16.3 Å². The highest BCUT2D eigenvalue weighted by Crippen LogP contribution is 2.15. The quantitative estimate of drug-likeness (QED) is 0.698. The predicted molar refractivity (Wildman–Crippen MR) is 61.6 cm³/mol. The zero-order valence-electron chi connectivity index (χ0n) is 8.57. The Hall–Kier alpha value is -1.38. The van der Waals surface area contributed by atoms with Gasteiger partial charge >= 0.3 is 0 Å². The molecular formula is C13H14NO. The summed E-state index contributed by atoms with van der Waals surface area (Å²) >= 11 is 0. The van der Waals surface area contributed by atoms with Crippen LogP contribution >= 0.6 is 0 Å². The monoisotopic (exact) mass is 200 g/mol. The summed E-state index contributed by atoms with van der Waals surface area (Å²) in [5, 5.41) is 2.49. The molecule has 2 aromatic carbocycles. The van der Waals surface area contributed by atoms with Crippen molar-refractivity contribution in [1.82, 2.24) is 5.73 Å². The topological polar surface area (TPSA) is 33.0 Å². The SMILES string of the molecule is [NH]CCOCc1ccc2ccccc2c1. The molecule has 2 heteroatoms. The number of nitrogens with one attached hydrogen (secondary N) is 1. The molecule has 0 amide bonds. The average Bonchev–Trinajstić information content (AvgIpc) is 2.29. The summed E-state index contributed by atoms with van der Waals surface area (Å²) in [7, 11) is 0. The molecule has 15 heavy (non-hydrogen) atoms. The minimum Gasteiger partial charge on any atom is -0.375 e. The molecule has 0 aliphatic carbocycles. The zero-order valence-corrected chi connectivity index (χ0v) is 8.57. The molecule has 77 valence electrons. The molecule has 1 N–H and O–H groups in total. The van der Waals surface area contributed by atoms with Crippen LogP contribution in [0.5, 0.6) is 0 Å². The van der Waals surface area contributed by atoms with E-state index in [1.807, 2.05) is 12.1 Å². The molecule has 2 aromatic rings. The van der Waals surface area contributed by atoms with Gasteiger partial charge in [-0.1, -0.05) is 36.4 Å². The number of hydrogen-bond donors (Lipinski definition) is 0. The largest absolute Gasteiger partial charge is 0.375 e. The molecule has 0 spiro atoms. The Morgan fingerprint density at radius 1 is 1.00 bits per heavy atom. The van der Waals surface area contributed by atoms with Crippen molar-refractivity contribution < 1.29 is 4.74 Å². The normalized spacial score (nSPS) is 10.7. The summed E-state index contributed by atoms with van der Waals surface area (Å²) in [5.74, 6) is 0. The van der Waals surface area contributed by atoms with Gasteiger partial charge in [-0.2, -0.15) is 0 Å². The van der Waals surface area contributed by atoms with Crippen LogP contribution in [0.25, 0.3) is 10.8 Å². The van der Waals surface area contributed by atoms with E-state index in [0.717, 1.165) is 0 Å². The van der Waals surface area contributed by atoms with Gasteiger partial charge in [0.2, 0.25) is 0 Å². The maximum absolute atomic E-state index is 6.97. The summed E-state index contributed by atoms with van der Waals surface area (Å²) in [4.78, 5) is 0. The van der Waals surface area contributed by atoms with Crippen LogP contribution in [0.4, 0.5) is 0 Å². The number of rotatable bonds is 4.